The van der Waals surface area contributed by atoms with Gasteiger partial charge in [0.2, 0.25) is 5.91 Å². The molecule has 1 saturated carbocycles. The molecule has 0 atom stereocenters. The van der Waals surface area contributed by atoms with Gasteiger partial charge in [-0.1, -0.05) is 42.8 Å². The second-order valence-corrected chi connectivity index (χ2v) is 9.36. The Bertz CT molecular complexity index is 1250. The maximum atomic E-state index is 13.3. The molecule has 2 amide bonds. The second kappa shape index (κ2) is 10.9. The van der Waals surface area contributed by atoms with Crippen molar-refractivity contribution < 1.29 is 9.59 Å². The first kappa shape index (κ1) is 24.0. The summed E-state index contributed by atoms with van der Waals surface area (Å²) in [4.78, 5) is 45.1. The average Bonchev–Trinajstić information content (AvgIpc) is 3.38. The van der Waals surface area contributed by atoms with Crippen LogP contribution in [0, 0.1) is 0 Å². The van der Waals surface area contributed by atoms with Crippen molar-refractivity contribution in [3.63, 3.8) is 0 Å². The predicted octanol–water partition coefficient (Wildman–Crippen LogP) is 4.72. The minimum absolute atomic E-state index is 0.0389. The van der Waals surface area contributed by atoms with E-state index in [-0.39, 0.29) is 29.2 Å². The molecule has 1 N–H and O–H groups in total. The summed E-state index contributed by atoms with van der Waals surface area (Å²) in [6, 6.07) is 14.5. The first-order chi connectivity index (χ1) is 16.5. The van der Waals surface area contributed by atoms with Crippen LogP contribution in [0.5, 0.6) is 0 Å². The number of carbonyl (C=O) groups is 2. The van der Waals surface area contributed by atoms with E-state index in [9.17, 15) is 14.4 Å². The predicted molar refractivity (Wildman–Crippen MR) is 137 cm³/mol. The quantitative estimate of drug-likeness (QED) is 0.374. The molecule has 3 aromatic rings. The monoisotopic (exact) mass is 478 g/mol. The summed E-state index contributed by atoms with van der Waals surface area (Å²) in [7, 11) is 0. The Morgan fingerprint density at radius 2 is 1.82 bits per heavy atom. The van der Waals surface area contributed by atoms with Crippen LogP contribution in [0.4, 0.5) is 5.69 Å². The van der Waals surface area contributed by atoms with E-state index >= 15 is 0 Å². The van der Waals surface area contributed by atoms with E-state index in [4.69, 9.17) is 4.98 Å². The van der Waals surface area contributed by atoms with Gasteiger partial charge in [-0.05, 0) is 57.0 Å². The van der Waals surface area contributed by atoms with Crippen molar-refractivity contribution in [1.29, 1.82) is 0 Å². The van der Waals surface area contributed by atoms with Gasteiger partial charge in [0.15, 0.2) is 5.16 Å². The third kappa shape index (κ3) is 5.17. The largest absolute Gasteiger partial charge is 0.339 e. The van der Waals surface area contributed by atoms with Crippen LogP contribution in [0.3, 0.4) is 0 Å². The first-order valence-corrected chi connectivity index (χ1v) is 12.8. The number of aromatic nitrogens is 2. The maximum Gasteiger partial charge on any atom is 0.262 e. The van der Waals surface area contributed by atoms with Crippen LogP contribution in [-0.4, -0.2) is 45.1 Å². The lowest BCUT2D eigenvalue weighted by atomic mass is 10.1. The molecule has 0 radical (unpaired) electrons. The Morgan fingerprint density at radius 3 is 2.56 bits per heavy atom. The van der Waals surface area contributed by atoms with Crippen molar-refractivity contribution in [1.82, 2.24) is 14.5 Å². The highest BCUT2D eigenvalue weighted by Gasteiger charge is 2.23. The molecule has 4 rings (SSSR count). The van der Waals surface area contributed by atoms with Crippen molar-refractivity contribution in [2.45, 2.75) is 50.7 Å². The fourth-order valence-corrected chi connectivity index (χ4v) is 5.33. The average molecular weight is 479 g/mol. The highest BCUT2D eigenvalue weighted by atomic mass is 32.2. The Kier molecular flexibility index (Phi) is 7.67. The number of para-hydroxylation sites is 1. The zero-order valence-corrected chi connectivity index (χ0v) is 20.4. The van der Waals surface area contributed by atoms with Crippen LogP contribution in [0.25, 0.3) is 10.9 Å². The van der Waals surface area contributed by atoms with Crippen LogP contribution in [-0.2, 0) is 4.79 Å². The van der Waals surface area contributed by atoms with Crippen molar-refractivity contribution >= 4 is 40.2 Å². The number of fused-ring (bicyclic) bond motifs is 1. The molecule has 178 valence electrons. The van der Waals surface area contributed by atoms with Gasteiger partial charge in [0.05, 0.1) is 16.7 Å². The highest BCUT2D eigenvalue weighted by Crippen LogP contribution is 2.32. The lowest BCUT2D eigenvalue weighted by Gasteiger charge is -2.19. The van der Waals surface area contributed by atoms with Crippen LogP contribution in [0.15, 0.2) is 58.5 Å². The number of nitrogens with zero attached hydrogens (tertiary/aromatic N) is 3. The van der Waals surface area contributed by atoms with E-state index in [1.54, 1.807) is 33.7 Å². The van der Waals surface area contributed by atoms with Gasteiger partial charge < -0.3 is 10.2 Å². The Balaban J connectivity index is 1.51. The fraction of sp³-hybridized carbons (Fsp3) is 0.385. The number of benzene rings is 2. The second-order valence-electron chi connectivity index (χ2n) is 8.42. The zero-order valence-electron chi connectivity index (χ0n) is 19.6. The Hall–Kier alpha value is -3.13. The van der Waals surface area contributed by atoms with Gasteiger partial charge in [0, 0.05) is 30.4 Å². The van der Waals surface area contributed by atoms with Gasteiger partial charge in [0.25, 0.3) is 11.5 Å². The lowest BCUT2D eigenvalue weighted by molar-refractivity contribution is -0.113. The number of rotatable bonds is 8. The number of anilines is 1. The molecule has 0 aliphatic heterocycles. The Morgan fingerprint density at radius 1 is 1.09 bits per heavy atom. The topological polar surface area (TPSA) is 84.3 Å². The molecule has 1 aliphatic rings. The smallest absolute Gasteiger partial charge is 0.262 e. The molecule has 0 spiro atoms. The van der Waals surface area contributed by atoms with E-state index in [1.165, 1.54) is 11.8 Å². The fourth-order valence-electron chi connectivity index (χ4n) is 4.46. The highest BCUT2D eigenvalue weighted by molar-refractivity contribution is 7.99. The molecule has 1 heterocycles. The molecule has 34 heavy (non-hydrogen) atoms. The van der Waals surface area contributed by atoms with Gasteiger partial charge in [-0.25, -0.2) is 4.98 Å². The molecule has 8 heteroatoms. The number of hydrogen-bond acceptors (Lipinski definition) is 5. The summed E-state index contributed by atoms with van der Waals surface area (Å²) >= 11 is 1.28. The minimum Gasteiger partial charge on any atom is -0.339 e. The Labute approximate surface area is 203 Å². The summed E-state index contributed by atoms with van der Waals surface area (Å²) in [6.45, 7) is 5.14. The van der Waals surface area contributed by atoms with Gasteiger partial charge in [-0.3, -0.25) is 19.0 Å². The molecule has 7 nitrogen and oxygen atoms in total. The molecule has 0 bridgehead atoms. The van der Waals surface area contributed by atoms with E-state index in [1.807, 2.05) is 38.1 Å². The van der Waals surface area contributed by atoms with Crippen LogP contribution >= 0.6 is 11.8 Å². The molecule has 0 unspecified atom stereocenters. The van der Waals surface area contributed by atoms with Crippen molar-refractivity contribution in [3.05, 3.63) is 64.4 Å². The summed E-state index contributed by atoms with van der Waals surface area (Å²) in [5.74, 6) is -0.152. The number of hydrogen-bond donors (Lipinski definition) is 1. The zero-order chi connectivity index (χ0) is 24.1. The van der Waals surface area contributed by atoms with Crippen LogP contribution in [0.1, 0.15) is 55.9 Å². The third-order valence-electron chi connectivity index (χ3n) is 6.24. The standard InChI is InChI=1S/C26H30N4O3S/c1-3-29(4-2)24(32)18-10-9-11-19(16-18)27-23(31)17-34-26-28-22-15-8-7-14-21(22)25(33)30(26)20-12-5-6-13-20/h7-11,14-16,20H,3-6,12-13,17H2,1-2H3,(H,27,31). The molecular weight excluding hydrogens is 448 g/mol. The van der Waals surface area contributed by atoms with E-state index in [0.717, 1.165) is 25.7 Å². The van der Waals surface area contributed by atoms with Gasteiger partial charge in [0.1, 0.15) is 0 Å². The summed E-state index contributed by atoms with van der Waals surface area (Å²) < 4.78 is 1.79. The van der Waals surface area contributed by atoms with Crippen molar-refractivity contribution in [3.8, 4) is 0 Å². The molecule has 2 aromatic carbocycles. The van der Waals surface area contributed by atoms with Crippen molar-refractivity contribution in [2.24, 2.45) is 0 Å². The first-order valence-electron chi connectivity index (χ1n) is 11.8. The molecule has 1 aromatic heterocycles. The number of thioether (sulfide) groups is 1. The lowest BCUT2D eigenvalue weighted by Crippen LogP contribution is -2.30. The minimum atomic E-state index is -0.210. The number of nitrogens with one attached hydrogen (secondary N) is 1. The SMILES string of the molecule is CCN(CC)C(=O)c1cccc(NC(=O)CSc2nc3ccccc3c(=O)n2C2CCCC2)c1. The summed E-state index contributed by atoms with van der Waals surface area (Å²) in [6.07, 6.45) is 4.09. The van der Waals surface area contributed by atoms with Gasteiger partial charge in [-0.15, -0.1) is 0 Å². The number of carbonyl (C=O) groups excluding carboxylic acids is 2. The van der Waals surface area contributed by atoms with E-state index < -0.39 is 0 Å². The van der Waals surface area contributed by atoms with E-state index in [2.05, 4.69) is 5.32 Å². The van der Waals surface area contributed by atoms with Crippen LogP contribution < -0.4 is 10.9 Å². The van der Waals surface area contributed by atoms with Gasteiger partial charge in [-0.2, -0.15) is 0 Å². The summed E-state index contributed by atoms with van der Waals surface area (Å²) in [5, 5.41) is 4.07. The van der Waals surface area contributed by atoms with Crippen LogP contribution in [0.2, 0.25) is 0 Å². The molecule has 1 aliphatic carbocycles. The van der Waals surface area contributed by atoms with Crippen molar-refractivity contribution in [2.75, 3.05) is 24.2 Å². The number of amides is 2. The van der Waals surface area contributed by atoms with E-state index in [0.29, 0.717) is 40.4 Å². The van der Waals surface area contributed by atoms with Gasteiger partial charge >= 0.3 is 0 Å². The third-order valence-corrected chi connectivity index (χ3v) is 7.19. The molecule has 1 fully saturated rings. The summed E-state index contributed by atoms with van der Waals surface area (Å²) in [5.41, 5.74) is 1.72. The maximum absolute atomic E-state index is 13.3. The normalized spacial score (nSPS) is 13.8. The molecular formula is C26H30N4O3S. The molecule has 0 saturated heterocycles.